The van der Waals surface area contributed by atoms with Crippen LogP contribution in [0.3, 0.4) is 0 Å². The fourth-order valence-corrected chi connectivity index (χ4v) is 1.40. The Hall–Kier alpha value is -2.24. The average molecular weight is 239 g/mol. The number of benzene rings is 1. The monoisotopic (exact) mass is 239 g/mol. The predicted octanol–water partition coefficient (Wildman–Crippen LogP) is 1.36. The van der Waals surface area contributed by atoms with Gasteiger partial charge >= 0.3 is 5.97 Å². The number of carboxylic acid groups (broad SMARTS) is 1. The number of carboxylic acids is 1. The molecule has 0 atom stereocenters. The van der Waals surface area contributed by atoms with Gasteiger partial charge in [0.2, 0.25) is 5.91 Å². The van der Waals surface area contributed by atoms with E-state index in [1.54, 1.807) is 0 Å². The lowest BCUT2D eigenvalue weighted by atomic mass is 10.1. The molecule has 0 radical (unpaired) electrons. The quantitative estimate of drug-likeness (QED) is 0.828. The van der Waals surface area contributed by atoms with E-state index in [0.717, 1.165) is 0 Å². The maximum absolute atomic E-state index is 11.0. The maximum Gasteiger partial charge on any atom is 0.339 e. The molecule has 2 N–H and O–H groups in total. The second-order valence-corrected chi connectivity index (χ2v) is 3.25. The van der Waals surface area contributed by atoms with Gasteiger partial charge in [0.25, 0.3) is 0 Å². The summed E-state index contributed by atoms with van der Waals surface area (Å²) in [5.41, 5.74) is 0.267. The zero-order valence-corrected chi connectivity index (χ0v) is 9.73. The molecule has 6 heteroatoms. The molecule has 0 bridgehead atoms. The zero-order chi connectivity index (χ0) is 13.0. The van der Waals surface area contributed by atoms with Gasteiger partial charge in [0.05, 0.1) is 14.2 Å². The zero-order valence-electron chi connectivity index (χ0n) is 9.73. The third-order valence-electron chi connectivity index (χ3n) is 2.03. The van der Waals surface area contributed by atoms with Crippen LogP contribution in [-0.2, 0) is 4.79 Å². The minimum Gasteiger partial charge on any atom is -0.493 e. The number of carbonyl (C=O) groups excluding carboxylic acids is 1. The molecule has 0 fully saturated rings. The van der Waals surface area contributed by atoms with E-state index in [1.165, 1.54) is 33.3 Å². The Labute approximate surface area is 98.2 Å². The summed E-state index contributed by atoms with van der Waals surface area (Å²) in [7, 11) is 2.74. The predicted molar refractivity (Wildman–Crippen MR) is 60.8 cm³/mol. The lowest BCUT2D eigenvalue weighted by molar-refractivity contribution is -0.114. The highest BCUT2D eigenvalue weighted by Crippen LogP contribution is 2.34. The number of carbonyl (C=O) groups is 2. The van der Waals surface area contributed by atoms with Crippen molar-refractivity contribution in [2.24, 2.45) is 0 Å². The van der Waals surface area contributed by atoms with Crippen molar-refractivity contribution in [2.45, 2.75) is 6.92 Å². The number of nitrogens with one attached hydrogen (secondary N) is 1. The normalized spacial score (nSPS) is 9.59. The first-order valence-electron chi connectivity index (χ1n) is 4.76. The molecule has 0 saturated heterocycles. The summed E-state index contributed by atoms with van der Waals surface area (Å²) in [5, 5.41) is 11.5. The molecular weight excluding hydrogens is 226 g/mol. The van der Waals surface area contributed by atoms with Gasteiger partial charge < -0.3 is 19.9 Å². The van der Waals surface area contributed by atoms with Crippen molar-refractivity contribution < 1.29 is 24.2 Å². The van der Waals surface area contributed by atoms with Crippen LogP contribution in [0.5, 0.6) is 11.5 Å². The molecule has 1 aromatic carbocycles. The Balaban J connectivity index is 3.34. The topological polar surface area (TPSA) is 84.9 Å². The molecular formula is C11H13NO5. The Morgan fingerprint density at radius 2 is 1.88 bits per heavy atom. The van der Waals surface area contributed by atoms with Gasteiger partial charge in [-0.15, -0.1) is 0 Å². The van der Waals surface area contributed by atoms with Crippen LogP contribution >= 0.6 is 0 Å². The van der Waals surface area contributed by atoms with E-state index in [-0.39, 0.29) is 23.0 Å². The van der Waals surface area contributed by atoms with E-state index in [9.17, 15) is 9.59 Å². The second-order valence-electron chi connectivity index (χ2n) is 3.25. The summed E-state index contributed by atoms with van der Waals surface area (Å²) in [5.74, 6) is -1.09. The van der Waals surface area contributed by atoms with Crippen molar-refractivity contribution in [3.63, 3.8) is 0 Å². The van der Waals surface area contributed by atoms with Gasteiger partial charge in [0, 0.05) is 18.7 Å². The third-order valence-corrected chi connectivity index (χ3v) is 2.03. The highest BCUT2D eigenvalue weighted by Gasteiger charge is 2.18. The van der Waals surface area contributed by atoms with E-state index in [4.69, 9.17) is 14.6 Å². The van der Waals surface area contributed by atoms with Gasteiger partial charge in [-0.1, -0.05) is 0 Å². The smallest absolute Gasteiger partial charge is 0.339 e. The van der Waals surface area contributed by atoms with Crippen molar-refractivity contribution in [1.82, 2.24) is 0 Å². The van der Waals surface area contributed by atoms with Crippen molar-refractivity contribution >= 4 is 17.6 Å². The van der Waals surface area contributed by atoms with Crippen molar-refractivity contribution in [2.75, 3.05) is 19.5 Å². The first-order valence-corrected chi connectivity index (χ1v) is 4.76. The molecule has 0 spiro atoms. The van der Waals surface area contributed by atoms with Crippen LogP contribution in [-0.4, -0.2) is 31.2 Å². The van der Waals surface area contributed by atoms with E-state index in [1.807, 2.05) is 0 Å². The molecule has 0 aliphatic rings. The first kappa shape index (κ1) is 12.8. The summed E-state index contributed by atoms with van der Waals surface area (Å²) >= 11 is 0. The summed E-state index contributed by atoms with van der Waals surface area (Å²) in [6.45, 7) is 1.33. The average Bonchev–Trinajstić information content (AvgIpc) is 2.26. The van der Waals surface area contributed by atoms with Crippen LogP contribution in [0, 0.1) is 0 Å². The Kier molecular flexibility index (Phi) is 3.92. The molecule has 17 heavy (non-hydrogen) atoms. The lowest BCUT2D eigenvalue weighted by Crippen LogP contribution is -2.09. The van der Waals surface area contributed by atoms with Gasteiger partial charge in [-0.3, -0.25) is 4.79 Å². The van der Waals surface area contributed by atoms with Gasteiger partial charge in [-0.2, -0.15) is 0 Å². The molecule has 1 aromatic rings. The van der Waals surface area contributed by atoms with E-state index >= 15 is 0 Å². The van der Waals surface area contributed by atoms with E-state index < -0.39 is 5.97 Å². The van der Waals surface area contributed by atoms with Crippen LogP contribution in [0.1, 0.15) is 17.3 Å². The molecule has 0 aliphatic carbocycles. The maximum atomic E-state index is 11.0. The van der Waals surface area contributed by atoms with E-state index in [0.29, 0.717) is 5.69 Å². The molecule has 0 aromatic heterocycles. The second kappa shape index (κ2) is 5.20. The number of rotatable bonds is 4. The standard InChI is InChI=1S/C11H13NO5/c1-6(13)12-7-4-8(11(14)15)10(17-3)9(5-7)16-2/h4-5H,1-3H3,(H,12,13)(H,14,15). The Bertz CT molecular complexity index is 455. The SMILES string of the molecule is COc1cc(NC(C)=O)cc(C(=O)O)c1OC. The molecule has 0 aliphatic heterocycles. The summed E-state index contributed by atoms with van der Waals surface area (Å²) in [6, 6.07) is 2.80. The van der Waals surface area contributed by atoms with Gasteiger partial charge in [-0.05, 0) is 6.07 Å². The summed E-state index contributed by atoms with van der Waals surface area (Å²) < 4.78 is 9.98. The Morgan fingerprint density at radius 3 is 2.29 bits per heavy atom. The van der Waals surface area contributed by atoms with Crippen LogP contribution < -0.4 is 14.8 Å². The molecule has 6 nitrogen and oxygen atoms in total. The third kappa shape index (κ3) is 2.87. The van der Waals surface area contributed by atoms with Crippen molar-refractivity contribution in [1.29, 1.82) is 0 Å². The van der Waals surface area contributed by atoms with Crippen LogP contribution in [0.2, 0.25) is 0 Å². The van der Waals surface area contributed by atoms with Gasteiger partial charge in [0.15, 0.2) is 11.5 Å². The minimum atomic E-state index is -1.16. The number of aromatic carboxylic acids is 1. The number of hydrogen-bond donors (Lipinski definition) is 2. The highest BCUT2D eigenvalue weighted by molar-refractivity contribution is 5.96. The van der Waals surface area contributed by atoms with Crippen molar-refractivity contribution in [3.05, 3.63) is 17.7 Å². The summed E-state index contributed by atoms with van der Waals surface area (Å²) in [6.07, 6.45) is 0. The minimum absolute atomic E-state index is 0.0735. The van der Waals surface area contributed by atoms with Crippen LogP contribution in [0.25, 0.3) is 0 Å². The molecule has 0 saturated carbocycles. The largest absolute Gasteiger partial charge is 0.493 e. The molecule has 1 rings (SSSR count). The lowest BCUT2D eigenvalue weighted by Gasteiger charge is -2.12. The number of amides is 1. The van der Waals surface area contributed by atoms with Crippen molar-refractivity contribution in [3.8, 4) is 11.5 Å². The first-order chi connectivity index (χ1) is 7.99. The number of hydrogen-bond acceptors (Lipinski definition) is 4. The number of ether oxygens (including phenoxy) is 2. The van der Waals surface area contributed by atoms with Crippen LogP contribution in [0.15, 0.2) is 12.1 Å². The molecule has 92 valence electrons. The van der Waals surface area contributed by atoms with E-state index in [2.05, 4.69) is 5.32 Å². The number of anilines is 1. The van der Waals surface area contributed by atoms with Gasteiger partial charge in [-0.25, -0.2) is 4.79 Å². The van der Waals surface area contributed by atoms with Crippen LogP contribution in [0.4, 0.5) is 5.69 Å². The highest BCUT2D eigenvalue weighted by atomic mass is 16.5. The molecule has 0 unspecified atom stereocenters. The fourth-order valence-electron chi connectivity index (χ4n) is 1.40. The Morgan fingerprint density at radius 1 is 1.24 bits per heavy atom. The fraction of sp³-hybridized carbons (Fsp3) is 0.273. The number of methoxy groups -OCH3 is 2. The van der Waals surface area contributed by atoms with Gasteiger partial charge in [0.1, 0.15) is 5.56 Å². The summed E-state index contributed by atoms with van der Waals surface area (Å²) in [4.78, 5) is 22.0. The molecule has 0 heterocycles. The molecule has 1 amide bonds.